The van der Waals surface area contributed by atoms with Crippen LogP contribution in [-0.2, 0) is 31.4 Å². The van der Waals surface area contributed by atoms with Crippen molar-refractivity contribution in [2.75, 3.05) is 12.4 Å². The normalized spacial score (nSPS) is 12.8. The van der Waals surface area contributed by atoms with Crippen LogP contribution < -0.4 is 10.6 Å². The summed E-state index contributed by atoms with van der Waals surface area (Å²) in [6.45, 7) is 11.2. The van der Waals surface area contributed by atoms with Crippen LogP contribution in [0.15, 0.2) is 60.7 Å². The molecule has 0 spiro atoms. The summed E-state index contributed by atoms with van der Waals surface area (Å²) < 4.78 is 66.1. The highest BCUT2D eigenvalue weighted by Gasteiger charge is 2.66. The lowest BCUT2D eigenvalue weighted by Crippen LogP contribution is -2.47. The minimum atomic E-state index is -5.20. The van der Waals surface area contributed by atoms with E-state index in [4.69, 9.17) is 4.74 Å². The molecule has 2 heterocycles. The topological polar surface area (TPSA) is 164 Å². The van der Waals surface area contributed by atoms with Crippen molar-refractivity contribution in [1.29, 1.82) is 0 Å². The summed E-state index contributed by atoms with van der Waals surface area (Å²) in [5.41, 5.74) is 5.17. The highest BCUT2D eigenvalue weighted by Crippen LogP contribution is 2.42. The number of imidazole rings is 1. The number of amides is 2. The number of aryl methyl sites for hydroxylation is 1. The van der Waals surface area contributed by atoms with Gasteiger partial charge in [-0.2, -0.15) is 17.6 Å². The van der Waals surface area contributed by atoms with E-state index in [9.17, 15) is 31.9 Å². The number of aromatic amines is 2. The van der Waals surface area contributed by atoms with E-state index in [1.807, 2.05) is 42.2 Å². The number of hydrogen-bond acceptors (Lipinski definition) is 8. The second-order valence-corrected chi connectivity index (χ2v) is 13.8. The number of carbonyl (C=O) groups excluding carboxylic acids is 3. The van der Waals surface area contributed by atoms with Gasteiger partial charge in [-0.05, 0) is 86.3 Å². The number of aromatic nitrogens is 5. The number of halogens is 4. The molecule has 0 unspecified atom stereocenters. The van der Waals surface area contributed by atoms with Crippen LogP contribution in [0.25, 0.3) is 33.5 Å². The molecule has 0 radical (unpaired) electrons. The molecule has 0 fully saturated rings. The van der Waals surface area contributed by atoms with Gasteiger partial charge in [-0.3, -0.25) is 4.79 Å². The van der Waals surface area contributed by atoms with Crippen molar-refractivity contribution < 1.29 is 41.4 Å². The number of hydrogen-bond donors (Lipinski definition) is 4. The van der Waals surface area contributed by atoms with Crippen molar-refractivity contribution in [3.63, 3.8) is 0 Å². The molecule has 280 valence electrons. The van der Waals surface area contributed by atoms with Crippen LogP contribution in [0.4, 0.5) is 28.0 Å². The molecule has 2 aromatic heterocycles. The number of rotatable bonds is 11. The Labute approximate surface area is 302 Å². The fourth-order valence-corrected chi connectivity index (χ4v) is 5.36. The number of esters is 1. The Hall–Kier alpha value is -5.80. The van der Waals surface area contributed by atoms with Crippen molar-refractivity contribution in [2.45, 2.75) is 77.4 Å². The molecule has 5 aromatic rings. The number of benzene rings is 3. The van der Waals surface area contributed by atoms with Gasteiger partial charge in [0.25, 0.3) is 0 Å². The van der Waals surface area contributed by atoms with Crippen LogP contribution in [0.1, 0.15) is 63.3 Å². The van der Waals surface area contributed by atoms with Crippen LogP contribution in [-0.4, -0.2) is 67.8 Å². The number of anilines is 1. The Morgan fingerprint density at radius 1 is 0.887 bits per heavy atom. The molecule has 0 aliphatic rings. The number of fused-ring (bicyclic) bond motifs is 1. The monoisotopic (exact) mass is 737 g/mol. The maximum Gasteiger partial charge on any atom is 0.412 e. The standard InChI is InChI=1S/C37H39F4N7O5/c1-19(2)29-43-26-16-20(3)25(18-27(26)44-29)22-10-8-21(9-11-22)17-28(45-34(51)53-35(4,5)6)31(49)42-24-14-12-23(13-15-24)30-46-32(48-47-30)36(38,39)37(40,41)33(50)52-7/h8-16,18-19,28H,17H2,1-7H3,(H,42,49)(H,43,44)(H,45,51)(H,46,47,48)/t28-/m0/s1. The zero-order chi connectivity index (χ0) is 38.9. The molecular formula is C37H39F4N7O5. The Morgan fingerprint density at radius 2 is 1.53 bits per heavy atom. The summed E-state index contributed by atoms with van der Waals surface area (Å²) >= 11 is 0. The SMILES string of the molecule is COC(=O)C(F)(F)C(F)(F)c1nnc(-c2ccc(NC(=O)[C@H](Cc3ccc(-c4cc5[nH]c(C(C)C)nc5cc4C)cc3)NC(=O)OC(C)(C)C)cc2)[nH]1. The first-order valence-electron chi connectivity index (χ1n) is 16.6. The Bertz CT molecular complexity index is 2120. The first kappa shape index (κ1) is 38.4. The lowest BCUT2D eigenvalue weighted by atomic mass is 9.97. The molecule has 12 nitrogen and oxygen atoms in total. The maximum atomic E-state index is 14.4. The van der Waals surface area contributed by atoms with Gasteiger partial charge in [0.15, 0.2) is 5.82 Å². The number of H-pyrrole nitrogens is 2. The third-order valence-corrected chi connectivity index (χ3v) is 8.15. The summed E-state index contributed by atoms with van der Waals surface area (Å²) in [5.74, 6) is -13.9. The highest BCUT2D eigenvalue weighted by molar-refractivity contribution is 5.97. The first-order valence-corrected chi connectivity index (χ1v) is 16.6. The second-order valence-electron chi connectivity index (χ2n) is 13.8. The number of ether oxygens (including phenoxy) is 2. The van der Waals surface area contributed by atoms with E-state index in [2.05, 4.69) is 55.4 Å². The number of methoxy groups -OCH3 is 1. The van der Waals surface area contributed by atoms with Crippen LogP contribution in [0, 0.1) is 6.92 Å². The Morgan fingerprint density at radius 3 is 2.13 bits per heavy atom. The molecule has 0 aliphatic heterocycles. The molecule has 5 rings (SSSR count). The van der Waals surface area contributed by atoms with Gasteiger partial charge in [-0.15, -0.1) is 10.2 Å². The zero-order valence-electron chi connectivity index (χ0n) is 30.0. The lowest BCUT2D eigenvalue weighted by molar-refractivity contribution is -0.233. The molecule has 0 bridgehead atoms. The van der Waals surface area contributed by atoms with Gasteiger partial charge in [0.1, 0.15) is 17.5 Å². The van der Waals surface area contributed by atoms with Gasteiger partial charge in [-0.1, -0.05) is 38.1 Å². The van der Waals surface area contributed by atoms with Crippen molar-refractivity contribution in [3.05, 3.63) is 83.4 Å². The van der Waals surface area contributed by atoms with E-state index < -0.39 is 47.3 Å². The number of nitrogens with zero attached hydrogens (tertiary/aromatic N) is 3. The van der Waals surface area contributed by atoms with Crippen molar-refractivity contribution >= 4 is 34.7 Å². The van der Waals surface area contributed by atoms with Gasteiger partial charge < -0.3 is 30.1 Å². The minimum absolute atomic E-state index is 0.102. The quantitative estimate of drug-likeness (QED) is 0.0804. The van der Waals surface area contributed by atoms with Crippen LogP contribution in [0.2, 0.25) is 0 Å². The first-order chi connectivity index (χ1) is 24.8. The predicted molar refractivity (Wildman–Crippen MR) is 189 cm³/mol. The number of alkyl halides is 4. The van der Waals surface area contributed by atoms with Crippen LogP contribution in [0.3, 0.4) is 0 Å². The van der Waals surface area contributed by atoms with E-state index in [-0.39, 0.29) is 29.4 Å². The van der Waals surface area contributed by atoms with Crippen LogP contribution in [0.5, 0.6) is 0 Å². The van der Waals surface area contributed by atoms with Gasteiger partial charge in [0, 0.05) is 23.6 Å². The van der Waals surface area contributed by atoms with E-state index in [1.54, 1.807) is 20.8 Å². The molecule has 4 N–H and O–H groups in total. The maximum absolute atomic E-state index is 14.4. The molecule has 2 amide bonds. The summed E-state index contributed by atoms with van der Waals surface area (Å²) in [4.78, 5) is 47.7. The van der Waals surface area contributed by atoms with E-state index in [0.29, 0.717) is 7.11 Å². The smallest absolute Gasteiger partial charge is 0.412 e. The van der Waals surface area contributed by atoms with Gasteiger partial charge >= 0.3 is 23.9 Å². The molecule has 0 saturated heterocycles. The van der Waals surface area contributed by atoms with E-state index in [1.165, 1.54) is 24.3 Å². The van der Waals surface area contributed by atoms with Gasteiger partial charge in [0.2, 0.25) is 11.7 Å². The fourth-order valence-electron chi connectivity index (χ4n) is 5.36. The largest absolute Gasteiger partial charge is 0.464 e. The van der Waals surface area contributed by atoms with E-state index >= 15 is 0 Å². The summed E-state index contributed by atoms with van der Waals surface area (Å²) in [6, 6.07) is 16.2. The molecule has 3 aromatic carbocycles. The zero-order valence-corrected chi connectivity index (χ0v) is 30.0. The molecule has 0 saturated carbocycles. The Balaban J connectivity index is 1.32. The average Bonchev–Trinajstić information content (AvgIpc) is 3.75. The van der Waals surface area contributed by atoms with Crippen LogP contribution >= 0.6 is 0 Å². The molecule has 53 heavy (non-hydrogen) atoms. The minimum Gasteiger partial charge on any atom is -0.464 e. The summed E-state index contributed by atoms with van der Waals surface area (Å²) in [6.07, 6.45) is -0.699. The molecule has 16 heteroatoms. The predicted octanol–water partition coefficient (Wildman–Crippen LogP) is 7.42. The lowest BCUT2D eigenvalue weighted by Gasteiger charge is -2.23. The fraction of sp³-hybridized carbons (Fsp3) is 0.351. The summed E-state index contributed by atoms with van der Waals surface area (Å²) in [7, 11) is 0.554. The average molecular weight is 738 g/mol. The van der Waals surface area contributed by atoms with Crippen molar-refractivity contribution in [3.8, 4) is 22.5 Å². The highest BCUT2D eigenvalue weighted by atomic mass is 19.3. The number of nitrogens with one attached hydrogen (secondary N) is 4. The molecule has 1 atom stereocenters. The number of alkyl carbamates (subject to hydrolysis) is 1. The van der Waals surface area contributed by atoms with Gasteiger partial charge in [0.05, 0.1) is 18.1 Å². The van der Waals surface area contributed by atoms with Gasteiger partial charge in [-0.25, -0.2) is 14.6 Å². The molecule has 0 aliphatic carbocycles. The van der Waals surface area contributed by atoms with Crippen molar-refractivity contribution in [1.82, 2.24) is 30.5 Å². The second kappa shape index (κ2) is 14.7. The third kappa shape index (κ3) is 8.47. The Kier molecular flexibility index (Phi) is 10.6. The van der Waals surface area contributed by atoms with E-state index in [0.717, 1.165) is 39.1 Å². The number of carbonyl (C=O) groups is 3. The molecular weight excluding hydrogens is 698 g/mol. The third-order valence-electron chi connectivity index (χ3n) is 8.15. The van der Waals surface area contributed by atoms with Crippen molar-refractivity contribution in [2.24, 2.45) is 0 Å². The summed E-state index contributed by atoms with van der Waals surface area (Å²) in [5, 5.41) is 12.0.